The summed E-state index contributed by atoms with van der Waals surface area (Å²) in [5.41, 5.74) is 14.2. The Balaban J connectivity index is 3.14. The van der Waals surface area contributed by atoms with Gasteiger partial charge in [-0.05, 0) is 57.9 Å². The minimum atomic E-state index is -0.181. The van der Waals surface area contributed by atoms with Crippen molar-refractivity contribution < 1.29 is 5.11 Å². The minimum absolute atomic E-state index is 0.0817. The summed E-state index contributed by atoms with van der Waals surface area (Å²) >= 11 is 0. The summed E-state index contributed by atoms with van der Waals surface area (Å²) in [4.78, 5) is 19.0. The van der Waals surface area contributed by atoms with Crippen LogP contribution in [0.1, 0.15) is 63.6 Å². The predicted molar refractivity (Wildman–Crippen MR) is 103 cm³/mol. The quantitative estimate of drug-likeness (QED) is 0.483. The molecule has 25 heavy (non-hydrogen) atoms. The van der Waals surface area contributed by atoms with Gasteiger partial charge in [-0.3, -0.25) is 9.78 Å². The summed E-state index contributed by atoms with van der Waals surface area (Å²) in [5, 5.41) is 9.27. The maximum atomic E-state index is 12.0. The third kappa shape index (κ3) is 6.29. The molecule has 0 aliphatic carbocycles. The Labute approximate surface area is 150 Å². The first-order valence-electron chi connectivity index (χ1n) is 9.16. The molecule has 1 rings (SSSR count). The fourth-order valence-electron chi connectivity index (χ4n) is 3.18. The highest BCUT2D eigenvalue weighted by Crippen LogP contribution is 2.33. The van der Waals surface area contributed by atoms with Crippen molar-refractivity contribution in [3.05, 3.63) is 33.3 Å². The van der Waals surface area contributed by atoms with Gasteiger partial charge in [-0.15, -0.1) is 0 Å². The van der Waals surface area contributed by atoms with Gasteiger partial charge < -0.3 is 16.6 Å². The molecule has 6 nitrogen and oxygen atoms in total. The summed E-state index contributed by atoms with van der Waals surface area (Å²) in [6, 6.07) is 0. The van der Waals surface area contributed by atoms with Crippen LogP contribution in [0, 0.1) is 18.8 Å². The third-order valence-electron chi connectivity index (χ3n) is 5.18. The number of nitrogens with one attached hydrogen (secondary N) is 1. The largest absolute Gasteiger partial charge is 0.396 e. The number of anilines is 1. The van der Waals surface area contributed by atoms with E-state index in [0.717, 1.165) is 25.0 Å². The molecule has 0 amide bonds. The molecule has 0 radical (unpaired) electrons. The zero-order valence-corrected chi connectivity index (χ0v) is 16.0. The van der Waals surface area contributed by atoms with E-state index in [-0.39, 0.29) is 35.9 Å². The zero-order chi connectivity index (χ0) is 19.0. The number of aromatic nitrogens is 2. The van der Waals surface area contributed by atoms with E-state index < -0.39 is 0 Å². The van der Waals surface area contributed by atoms with Crippen molar-refractivity contribution in [1.29, 1.82) is 0 Å². The number of nitrogen functional groups attached to an aromatic ring is 1. The Bertz CT molecular complexity index is 624. The van der Waals surface area contributed by atoms with Crippen LogP contribution in [0.15, 0.2) is 16.4 Å². The fourth-order valence-corrected chi connectivity index (χ4v) is 3.18. The molecule has 142 valence electrons. The molecule has 1 heterocycles. The van der Waals surface area contributed by atoms with Crippen molar-refractivity contribution in [3.63, 3.8) is 0 Å². The number of aromatic amines is 1. The van der Waals surface area contributed by atoms with E-state index in [9.17, 15) is 9.90 Å². The number of H-pyrrole nitrogens is 1. The van der Waals surface area contributed by atoms with Crippen molar-refractivity contribution in [2.24, 2.45) is 17.6 Å². The van der Waals surface area contributed by atoms with Gasteiger partial charge in [0.25, 0.3) is 5.56 Å². The zero-order valence-electron chi connectivity index (χ0n) is 16.0. The molecule has 0 fully saturated rings. The summed E-state index contributed by atoms with van der Waals surface area (Å²) in [7, 11) is 0. The molecule has 6 heteroatoms. The van der Waals surface area contributed by atoms with Crippen LogP contribution in [0.2, 0.25) is 0 Å². The lowest BCUT2D eigenvalue weighted by atomic mass is 9.79. The topological polar surface area (TPSA) is 118 Å². The third-order valence-corrected chi connectivity index (χ3v) is 5.18. The van der Waals surface area contributed by atoms with Crippen molar-refractivity contribution in [2.75, 3.05) is 18.9 Å². The number of aliphatic hydroxyl groups is 1. The van der Waals surface area contributed by atoms with Crippen LogP contribution >= 0.6 is 0 Å². The van der Waals surface area contributed by atoms with Crippen LogP contribution in [-0.2, 0) is 0 Å². The molecule has 0 aromatic carbocycles. The van der Waals surface area contributed by atoms with Crippen LogP contribution in [0.4, 0.5) is 5.95 Å². The van der Waals surface area contributed by atoms with Crippen molar-refractivity contribution in [1.82, 2.24) is 9.97 Å². The lowest BCUT2D eigenvalue weighted by Crippen LogP contribution is -2.25. The Morgan fingerprint density at radius 2 is 2.12 bits per heavy atom. The molecular formula is C19H34N4O2. The maximum absolute atomic E-state index is 12.0. The van der Waals surface area contributed by atoms with Gasteiger partial charge in [0.15, 0.2) is 0 Å². The molecule has 3 atom stereocenters. The van der Waals surface area contributed by atoms with Gasteiger partial charge in [-0.1, -0.05) is 25.5 Å². The summed E-state index contributed by atoms with van der Waals surface area (Å²) in [6.07, 6.45) is 5.77. The molecule has 0 bridgehead atoms. The monoisotopic (exact) mass is 350 g/mol. The van der Waals surface area contributed by atoms with E-state index in [0.29, 0.717) is 18.5 Å². The van der Waals surface area contributed by atoms with Crippen LogP contribution in [0.25, 0.3) is 0 Å². The van der Waals surface area contributed by atoms with Crippen LogP contribution in [0.3, 0.4) is 0 Å². The Morgan fingerprint density at radius 1 is 1.44 bits per heavy atom. The van der Waals surface area contributed by atoms with Crippen molar-refractivity contribution in [2.45, 2.75) is 59.3 Å². The SMILES string of the molecule is CCC(C)=CCC(CC(CN)CCO)C(C)c1nc(N)[nH]c(=O)c1C. The molecular weight excluding hydrogens is 316 g/mol. The van der Waals surface area contributed by atoms with Gasteiger partial charge in [0.1, 0.15) is 0 Å². The van der Waals surface area contributed by atoms with Crippen LogP contribution in [-0.4, -0.2) is 28.2 Å². The Kier molecular flexibility index (Phi) is 8.86. The average Bonchev–Trinajstić information content (AvgIpc) is 2.59. The molecule has 3 unspecified atom stereocenters. The summed E-state index contributed by atoms with van der Waals surface area (Å²) in [5.74, 6) is 0.780. The first kappa shape index (κ1) is 21.4. The van der Waals surface area contributed by atoms with E-state index in [2.05, 4.69) is 36.8 Å². The predicted octanol–water partition coefficient (Wildman–Crippen LogP) is 2.47. The number of hydrogen-bond donors (Lipinski definition) is 4. The van der Waals surface area contributed by atoms with Crippen LogP contribution in [0.5, 0.6) is 0 Å². The van der Waals surface area contributed by atoms with Gasteiger partial charge in [-0.2, -0.15) is 0 Å². The lowest BCUT2D eigenvalue weighted by molar-refractivity contribution is 0.233. The molecule has 6 N–H and O–H groups in total. The van der Waals surface area contributed by atoms with Gasteiger partial charge in [0.2, 0.25) is 5.95 Å². The number of allylic oxidation sites excluding steroid dienone is 2. The highest BCUT2D eigenvalue weighted by molar-refractivity contribution is 5.27. The smallest absolute Gasteiger partial charge is 0.255 e. The number of nitrogens with zero attached hydrogens (tertiary/aromatic N) is 1. The highest BCUT2D eigenvalue weighted by Gasteiger charge is 2.25. The number of hydrogen-bond acceptors (Lipinski definition) is 5. The second-order valence-corrected chi connectivity index (χ2v) is 7.00. The first-order valence-corrected chi connectivity index (χ1v) is 9.16. The molecule has 0 saturated heterocycles. The van der Waals surface area contributed by atoms with Gasteiger partial charge in [0.05, 0.1) is 5.69 Å². The summed E-state index contributed by atoms with van der Waals surface area (Å²) < 4.78 is 0. The normalized spacial score (nSPS) is 15.8. The van der Waals surface area contributed by atoms with Crippen molar-refractivity contribution in [3.8, 4) is 0 Å². The van der Waals surface area contributed by atoms with E-state index in [1.54, 1.807) is 6.92 Å². The van der Waals surface area contributed by atoms with Gasteiger partial charge in [0, 0.05) is 18.1 Å². The first-order chi connectivity index (χ1) is 11.8. The van der Waals surface area contributed by atoms with Gasteiger partial charge in [-0.25, -0.2) is 4.98 Å². The Hall–Kier alpha value is -1.66. The Morgan fingerprint density at radius 3 is 2.68 bits per heavy atom. The van der Waals surface area contributed by atoms with E-state index in [4.69, 9.17) is 11.5 Å². The molecule has 1 aromatic heterocycles. The number of rotatable bonds is 10. The maximum Gasteiger partial charge on any atom is 0.255 e. The van der Waals surface area contributed by atoms with Gasteiger partial charge >= 0.3 is 0 Å². The second-order valence-electron chi connectivity index (χ2n) is 7.00. The molecule has 1 aromatic rings. The number of nitrogens with two attached hydrogens (primary N) is 2. The van der Waals surface area contributed by atoms with E-state index in [1.165, 1.54) is 5.57 Å². The van der Waals surface area contributed by atoms with Crippen molar-refractivity contribution >= 4 is 5.95 Å². The molecule has 0 aliphatic heterocycles. The molecule has 0 aliphatic rings. The minimum Gasteiger partial charge on any atom is -0.396 e. The molecule has 0 saturated carbocycles. The second kappa shape index (κ2) is 10.4. The fraction of sp³-hybridized carbons (Fsp3) is 0.684. The van der Waals surface area contributed by atoms with E-state index >= 15 is 0 Å². The van der Waals surface area contributed by atoms with E-state index in [1.807, 2.05) is 0 Å². The molecule has 0 spiro atoms. The number of aliphatic hydroxyl groups excluding tert-OH is 1. The summed E-state index contributed by atoms with van der Waals surface area (Å²) in [6.45, 7) is 8.84. The average molecular weight is 351 g/mol. The standard InChI is InChI=1S/C19H34N4O2/c1-5-12(2)6-7-16(10-15(11-20)8-9-24)13(3)17-14(4)18(25)23-19(21)22-17/h6,13,15-16,24H,5,7-11,20H2,1-4H3,(H3,21,22,23,25). The lowest BCUT2D eigenvalue weighted by Gasteiger charge is -2.27. The van der Waals surface area contributed by atoms with Crippen LogP contribution < -0.4 is 17.0 Å². The highest BCUT2D eigenvalue weighted by atomic mass is 16.3.